The molecule has 4 rings (SSSR count). The Morgan fingerprint density at radius 3 is 2.50 bits per heavy atom. The average Bonchev–Trinajstić information content (AvgIpc) is 3.26. The van der Waals surface area contributed by atoms with Gasteiger partial charge in [0, 0.05) is 39.0 Å². The van der Waals surface area contributed by atoms with Crippen LogP contribution < -0.4 is 9.47 Å². The molecule has 3 aromatic rings. The predicted octanol–water partition coefficient (Wildman–Crippen LogP) is 5.64. The van der Waals surface area contributed by atoms with E-state index in [4.69, 9.17) is 37.4 Å². The molecule has 2 aromatic carbocycles. The van der Waals surface area contributed by atoms with Crippen molar-refractivity contribution >= 4 is 23.2 Å². The summed E-state index contributed by atoms with van der Waals surface area (Å²) in [5.41, 5.74) is 2.09. The van der Waals surface area contributed by atoms with Gasteiger partial charge in [-0.1, -0.05) is 35.3 Å². The number of ether oxygens (including phenoxy) is 3. The van der Waals surface area contributed by atoms with E-state index in [1.54, 1.807) is 19.2 Å². The molecule has 182 valence electrons. The summed E-state index contributed by atoms with van der Waals surface area (Å²) in [5.74, 6) is 1.59. The second kappa shape index (κ2) is 11.5. The number of likely N-dealkylation sites (tertiary alicyclic amines) is 1. The number of rotatable bonds is 10. The van der Waals surface area contributed by atoms with Crippen LogP contribution in [-0.4, -0.2) is 53.7 Å². The SMILES string of the molecule is COC1(COc2ccc(Cl)c(Cl)c2)CCN(Cc2cccc(OCCn3cc(C)cn3)c2)CC1. The normalized spacial score (nSPS) is 15.9. The third-order valence-electron chi connectivity index (χ3n) is 6.25. The van der Waals surface area contributed by atoms with Crippen LogP contribution in [0.5, 0.6) is 11.5 Å². The fraction of sp³-hybridized carbons (Fsp3) is 0.423. The van der Waals surface area contributed by atoms with Crippen LogP contribution in [0.1, 0.15) is 24.0 Å². The molecule has 1 saturated heterocycles. The fourth-order valence-corrected chi connectivity index (χ4v) is 4.43. The maximum absolute atomic E-state index is 6.11. The molecule has 34 heavy (non-hydrogen) atoms. The molecule has 1 fully saturated rings. The van der Waals surface area contributed by atoms with Crippen molar-refractivity contribution in [2.24, 2.45) is 0 Å². The highest BCUT2D eigenvalue weighted by Crippen LogP contribution is 2.30. The summed E-state index contributed by atoms with van der Waals surface area (Å²) in [6.45, 7) is 6.58. The summed E-state index contributed by atoms with van der Waals surface area (Å²) in [6.07, 6.45) is 5.66. The molecule has 0 unspecified atom stereocenters. The highest BCUT2D eigenvalue weighted by Gasteiger charge is 2.35. The Labute approximate surface area is 211 Å². The topological polar surface area (TPSA) is 48.8 Å². The van der Waals surface area contributed by atoms with Gasteiger partial charge in [0.15, 0.2) is 0 Å². The Bertz CT molecular complexity index is 1080. The van der Waals surface area contributed by atoms with E-state index in [2.05, 4.69) is 28.2 Å². The second-order valence-corrected chi connectivity index (χ2v) is 9.62. The summed E-state index contributed by atoms with van der Waals surface area (Å²) in [6, 6.07) is 13.7. The molecule has 6 nitrogen and oxygen atoms in total. The number of hydrogen-bond donors (Lipinski definition) is 0. The van der Waals surface area contributed by atoms with Gasteiger partial charge in [0.2, 0.25) is 0 Å². The Balaban J connectivity index is 1.25. The molecule has 0 spiro atoms. The standard InChI is InChI=1S/C26H31Cl2N3O3/c1-20-16-29-31(17-20)12-13-33-22-5-3-4-21(14-22)18-30-10-8-26(32-2,9-11-30)19-34-23-6-7-24(27)25(28)15-23/h3-7,14-17H,8-13,18-19H2,1-2H3. The molecule has 0 bridgehead atoms. The number of methoxy groups -OCH3 is 1. The first-order valence-electron chi connectivity index (χ1n) is 11.5. The van der Waals surface area contributed by atoms with Crippen molar-refractivity contribution in [1.82, 2.24) is 14.7 Å². The Hall–Kier alpha value is -2.25. The van der Waals surface area contributed by atoms with E-state index in [0.29, 0.717) is 29.0 Å². The lowest BCUT2D eigenvalue weighted by Crippen LogP contribution is -2.48. The van der Waals surface area contributed by atoms with Crippen LogP contribution in [-0.2, 0) is 17.8 Å². The maximum atomic E-state index is 6.11. The molecule has 1 aliphatic rings. The molecule has 0 amide bonds. The molecule has 1 aromatic heterocycles. The van der Waals surface area contributed by atoms with Gasteiger partial charge in [0.1, 0.15) is 30.3 Å². The molecule has 1 aliphatic heterocycles. The van der Waals surface area contributed by atoms with Gasteiger partial charge in [0.05, 0.1) is 22.8 Å². The zero-order valence-corrected chi connectivity index (χ0v) is 21.2. The van der Waals surface area contributed by atoms with Gasteiger partial charge in [-0.3, -0.25) is 9.58 Å². The third-order valence-corrected chi connectivity index (χ3v) is 6.99. The van der Waals surface area contributed by atoms with Crippen LogP contribution in [0.25, 0.3) is 0 Å². The van der Waals surface area contributed by atoms with Crippen molar-refractivity contribution in [3.8, 4) is 11.5 Å². The van der Waals surface area contributed by atoms with E-state index in [0.717, 1.165) is 50.3 Å². The average molecular weight is 504 g/mol. The summed E-state index contributed by atoms with van der Waals surface area (Å²) >= 11 is 12.1. The number of halogens is 2. The van der Waals surface area contributed by atoms with Gasteiger partial charge in [-0.05, 0) is 55.2 Å². The summed E-state index contributed by atoms with van der Waals surface area (Å²) in [4.78, 5) is 2.45. The van der Waals surface area contributed by atoms with Crippen molar-refractivity contribution in [1.29, 1.82) is 0 Å². The first-order valence-corrected chi connectivity index (χ1v) is 12.3. The molecule has 0 atom stereocenters. The highest BCUT2D eigenvalue weighted by atomic mass is 35.5. The largest absolute Gasteiger partial charge is 0.492 e. The summed E-state index contributed by atoms with van der Waals surface area (Å²) in [7, 11) is 1.76. The van der Waals surface area contributed by atoms with Crippen LogP contribution in [0, 0.1) is 6.92 Å². The number of benzene rings is 2. The van der Waals surface area contributed by atoms with E-state index in [1.165, 1.54) is 5.56 Å². The van der Waals surface area contributed by atoms with Gasteiger partial charge in [-0.15, -0.1) is 0 Å². The Kier molecular flexibility index (Phi) is 8.37. The predicted molar refractivity (Wildman–Crippen MR) is 135 cm³/mol. The van der Waals surface area contributed by atoms with Crippen LogP contribution in [0.2, 0.25) is 10.0 Å². The lowest BCUT2D eigenvalue weighted by atomic mass is 9.91. The van der Waals surface area contributed by atoms with Crippen molar-refractivity contribution in [2.75, 3.05) is 33.4 Å². The molecule has 2 heterocycles. The zero-order valence-electron chi connectivity index (χ0n) is 19.7. The van der Waals surface area contributed by atoms with Crippen LogP contribution in [0.15, 0.2) is 54.9 Å². The minimum atomic E-state index is -0.307. The number of aryl methyl sites for hydroxylation is 1. The van der Waals surface area contributed by atoms with Crippen LogP contribution >= 0.6 is 23.2 Å². The van der Waals surface area contributed by atoms with E-state index in [1.807, 2.05) is 36.1 Å². The molecule has 0 N–H and O–H groups in total. The molecule has 0 aliphatic carbocycles. The molecule has 8 heteroatoms. The number of piperidine rings is 1. The molecular formula is C26H31Cl2N3O3. The van der Waals surface area contributed by atoms with E-state index in [9.17, 15) is 0 Å². The molecular weight excluding hydrogens is 473 g/mol. The maximum Gasteiger partial charge on any atom is 0.121 e. The molecule has 0 radical (unpaired) electrons. The minimum Gasteiger partial charge on any atom is -0.492 e. The number of hydrogen-bond acceptors (Lipinski definition) is 5. The Morgan fingerprint density at radius 2 is 1.79 bits per heavy atom. The third kappa shape index (κ3) is 6.66. The number of nitrogens with zero attached hydrogens (tertiary/aromatic N) is 3. The lowest BCUT2D eigenvalue weighted by Gasteiger charge is -2.40. The smallest absolute Gasteiger partial charge is 0.121 e. The first-order chi connectivity index (χ1) is 16.4. The van der Waals surface area contributed by atoms with Gasteiger partial charge in [-0.2, -0.15) is 5.10 Å². The van der Waals surface area contributed by atoms with E-state index < -0.39 is 0 Å². The molecule has 0 saturated carbocycles. The quantitative estimate of drug-likeness (QED) is 0.358. The van der Waals surface area contributed by atoms with Crippen molar-refractivity contribution < 1.29 is 14.2 Å². The van der Waals surface area contributed by atoms with E-state index >= 15 is 0 Å². The number of aromatic nitrogens is 2. The lowest BCUT2D eigenvalue weighted by molar-refractivity contribution is -0.0839. The highest BCUT2D eigenvalue weighted by molar-refractivity contribution is 6.42. The van der Waals surface area contributed by atoms with Gasteiger partial charge >= 0.3 is 0 Å². The van der Waals surface area contributed by atoms with Gasteiger partial charge in [-0.25, -0.2) is 0 Å². The van der Waals surface area contributed by atoms with Crippen molar-refractivity contribution in [3.63, 3.8) is 0 Å². The fourth-order valence-electron chi connectivity index (χ4n) is 4.15. The van der Waals surface area contributed by atoms with Gasteiger partial charge < -0.3 is 14.2 Å². The van der Waals surface area contributed by atoms with Crippen molar-refractivity contribution in [2.45, 2.75) is 38.5 Å². The van der Waals surface area contributed by atoms with Crippen molar-refractivity contribution in [3.05, 3.63) is 76.0 Å². The summed E-state index contributed by atoms with van der Waals surface area (Å²) < 4.78 is 19.8. The minimum absolute atomic E-state index is 0.307. The second-order valence-electron chi connectivity index (χ2n) is 8.80. The van der Waals surface area contributed by atoms with Crippen LogP contribution in [0.3, 0.4) is 0 Å². The monoisotopic (exact) mass is 503 g/mol. The van der Waals surface area contributed by atoms with Crippen LogP contribution in [0.4, 0.5) is 0 Å². The first kappa shape index (κ1) is 24.9. The Morgan fingerprint density at radius 1 is 1.00 bits per heavy atom. The summed E-state index contributed by atoms with van der Waals surface area (Å²) in [5, 5.41) is 5.31. The van der Waals surface area contributed by atoms with E-state index in [-0.39, 0.29) is 5.60 Å². The van der Waals surface area contributed by atoms with Gasteiger partial charge in [0.25, 0.3) is 0 Å². The zero-order chi connectivity index (χ0) is 24.0.